The molecule has 0 aliphatic carbocycles. The maximum Gasteiger partial charge on any atom is 0.279 e. The normalized spacial score (nSPS) is 25.2. The van der Waals surface area contributed by atoms with E-state index in [1.54, 1.807) is 12.5 Å². The molecule has 0 aromatic carbocycles. The Morgan fingerprint density at radius 3 is 3.07 bits per heavy atom. The van der Waals surface area contributed by atoms with Crippen molar-refractivity contribution in [2.45, 2.75) is 18.9 Å². The van der Waals surface area contributed by atoms with Gasteiger partial charge >= 0.3 is 0 Å². The van der Waals surface area contributed by atoms with E-state index in [4.69, 9.17) is 5.73 Å². The van der Waals surface area contributed by atoms with Crippen molar-refractivity contribution < 1.29 is 4.99 Å². The zero-order valence-electron chi connectivity index (χ0n) is 8.01. The molecule has 0 bridgehead atoms. The van der Waals surface area contributed by atoms with Crippen LogP contribution in [0.1, 0.15) is 18.4 Å². The molecule has 4 heteroatoms. The van der Waals surface area contributed by atoms with E-state index in [2.05, 4.69) is 21.9 Å². The number of nitrogens with zero attached hydrogens (tertiary/aromatic N) is 2. The number of pyridine rings is 1. The Hall–Kier alpha value is -1.71. The number of nitrogens with two attached hydrogens (primary N) is 1. The van der Waals surface area contributed by atoms with Crippen LogP contribution < -0.4 is 10.7 Å². The highest BCUT2D eigenvalue weighted by atomic mass is 14.9. The maximum absolute atomic E-state index is 5.63. The first-order valence-electron chi connectivity index (χ1n) is 4.60. The molecule has 3 N–H and O–H groups in total. The molecule has 0 spiro atoms. The second-order valence-electron chi connectivity index (χ2n) is 3.42. The number of hydrogen-bond donors (Lipinski definition) is 2. The van der Waals surface area contributed by atoms with Crippen molar-refractivity contribution in [3.05, 3.63) is 23.9 Å². The van der Waals surface area contributed by atoms with Gasteiger partial charge in [-0.2, -0.15) is 0 Å². The summed E-state index contributed by atoms with van der Waals surface area (Å²) >= 11 is 0. The minimum atomic E-state index is 0.269. The van der Waals surface area contributed by atoms with Crippen LogP contribution in [0.25, 0.3) is 0 Å². The minimum Gasteiger partial charge on any atom is -0.384 e. The average molecular weight is 189 g/mol. The van der Waals surface area contributed by atoms with Gasteiger partial charge < -0.3 is 5.73 Å². The third-order valence-corrected chi connectivity index (χ3v) is 2.39. The average Bonchev–Trinajstić information content (AvgIpc) is 2.18. The highest BCUT2D eigenvalue weighted by Crippen LogP contribution is 2.17. The molecule has 0 fully saturated rings. The first-order chi connectivity index (χ1) is 6.77. The van der Waals surface area contributed by atoms with Gasteiger partial charge in [0.15, 0.2) is 0 Å². The highest BCUT2D eigenvalue weighted by molar-refractivity contribution is 5.77. The Labute approximate surface area is 82.6 Å². The van der Waals surface area contributed by atoms with Crippen LogP contribution in [0.5, 0.6) is 0 Å². The molecule has 0 amide bonds. The monoisotopic (exact) mass is 189 g/mol. The van der Waals surface area contributed by atoms with Gasteiger partial charge in [-0.05, 0) is 24.6 Å². The summed E-state index contributed by atoms with van der Waals surface area (Å²) in [5.74, 6) is 0.822. The molecule has 1 aromatic heterocycles. The molecule has 0 radical (unpaired) electrons. The van der Waals surface area contributed by atoms with Crippen molar-refractivity contribution in [3.8, 4) is 0 Å². The molecule has 1 aromatic rings. The second-order valence-corrected chi connectivity index (χ2v) is 3.42. The smallest absolute Gasteiger partial charge is 0.279 e. The zero-order valence-corrected chi connectivity index (χ0v) is 8.01. The lowest BCUT2D eigenvalue weighted by Crippen LogP contribution is -2.78. The molecule has 0 saturated carbocycles. The van der Waals surface area contributed by atoms with Crippen molar-refractivity contribution in [1.29, 1.82) is 0 Å². The summed E-state index contributed by atoms with van der Waals surface area (Å²) in [5.41, 5.74) is 6.77. The molecule has 1 aliphatic rings. The number of anilines is 1. The van der Waals surface area contributed by atoms with Gasteiger partial charge in [-0.15, -0.1) is 0 Å². The topological polar surface area (TPSA) is 65.2 Å². The van der Waals surface area contributed by atoms with Gasteiger partial charge in [-0.3, -0.25) is 4.99 Å². The zero-order chi connectivity index (χ0) is 9.97. The van der Waals surface area contributed by atoms with E-state index in [0.717, 1.165) is 5.56 Å². The fraction of sp³-hybridized carbons (Fsp3) is 0.300. The second kappa shape index (κ2) is 3.57. The molecule has 2 heterocycles. The molecule has 2 unspecified atom stereocenters. The third kappa shape index (κ3) is 1.64. The fourth-order valence-electron chi connectivity index (χ4n) is 1.58. The number of aromatic nitrogens is 1. The Morgan fingerprint density at radius 1 is 1.50 bits per heavy atom. The molecule has 2 atom stereocenters. The van der Waals surface area contributed by atoms with E-state index in [-0.39, 0.29) is 5.92 Å². The maximum atomic E-state index is 5.63. The number of nitrogen functional groups attached to an aromatic ring is 1. The highest BCUT2D eigenvalue weighted by Gasteiger charge is 2.22. The van der Waals surface area contributed by atoms with E-state index in [9.17, 15) is 0 Å². The molecule has 14 heavy (non-hydrogen) atoms. The lowest BCUT2D eigenvalue weighted by atomic mass is 9.94. The first-order valence-corrected chi connectivity index (χ1v) is 4.60. The Kier molecular flexibility index (Phi) is 2.26. The quantitative estimate of drug-likeness (QED) is 0.615. The fourth-order valence-corrected chi connectivity index (χ4v) is 1.58. The number of nitrogens with one attached hydrogen (secondary N) is 1. The lowest BCUT2D eigenvalue weighted by molar-refractivity contribution is -0.496. The molecule has 1 aliphatic heterocycles. The predicted octanol–water partition coefficient (Wildman–Crippen LogP) is -0.671. The Balaban J connectivity index is 2.31. The molecule has 2 rings (SSSR count). The summed E-state index contributed by atoms with van der Waals surface area (Å²) in [7, 11) is 0. The Morgan fingerprint density at radius 2 is 2.36 bits per heavy atom. The summed E-state index contributed by atoms with van der Waals surface area (Å²) in [6.07, 6.45) is 5.37. The predicted molar refractivity (Wildman–Crippen MR) is 56.4 cm³/mol. The van der Waals surface area contributed by atoms with Gasteiger partial charge in [-0.1, -0.05) is 4.99 Å². The van der Waals surface area contributed by atoms with Crippen LogP contribution in [-0.4, -0.2) is 23.6 Å². The van der Waals surface area contributed by atoms with Crippen molar-refractivity contribution in [1.82, 2.24) is 4.98 Å². The summed E-state index contributed by atoms with van der Waals surface area (Å²) in [5, 5.41) is 0. The number of rotatable bonds is 1. The molecule has 72 valence electrons. The summed E-state index contributed by atoms with van der Waals surface area (Å²) < 4.78 is 0. The van der Waals surface area contributed by atoms with Crippen LogP contribution in [0, 0.1) is 0 Å². The van der Waals surface area contributed by atoms with Gasteiger partial charge in [-0.25, -0.2) is 4.98 Å². The number of aliphatic imine (C=N–C) groups is 1. The van der Waals surface area contributed by atoms with E-state index >= 15 is 0 Å². The summed E-state index contributed by atoms with van der Waals surface area (Å²) in [6, 6.07) is 4.20. The van der Waals surface area contributed by atoms with Crippen LogP contribution >= 0.6 is 0 Å². The Bertz CT molecular complexity index is 383. The van der Waals surface area contributed by atoms with Gasteiger partial charge in [0.1, 0.15) is 18.1 Å². The SMILES string of the molecule is CC1[NH+]=CN=CC1c1ccnc(N)c1. The van der Waals surface area contributed by atoms with Crippen molar-refractivity contribution >= 4 is 18.4 Å². The van der Waals surface area contributed by atoms with Gasteiger partial charge in [0.25, 0.3) is 6.34 Å². The number of hydrogen-bond acceptors (Lipinski definition) is 3. The van der Waals surface area contributed by atoms with Gasteiger partial charge in [0, 0.05) is 6.20 Å². The van der Waals surface area contributed by atoms with Crippen molar-refractivity contribution in [3.63, 3.8) is 0 Å². The van der Waals surface area contributed by atoms with Crippen LogP contribution in [0.2, 0.25) is 0 Å². The summed E-state index contributed by atoms with van der Waals surface area (Å²) in [6.45, 7) is 2.11. The largest absolute Gasteiger partial charge is 0.384 e. The lowest BCUT2D eigenvalue weighted by Gasteiger charge is -2.15. The molecule has 4 nitrogen and oxygen atoms in total. The van der Waals surface area contributed by atoms with Gasteiger partial charge in [0.2, 0.25) is 0 Å². The van der Waals surface area contributed by atoms with E-state index in [1.807, 2.05) is 18.3 Å². The standard InChI is InChI=1S/C10H12N4/c1-7-9(5-12-6-14-7)8-2-3-13-10(11)4-8/h2-7,9H,1H3,(H2,11,13)/p+1. The van der Waals surface area contributed by atoms with Crippen molar-refractivity contribution in [2.24, 2.45) is 4.99 Å². The van der Waals surface area contributed by atoms with Crippen LogP contribution in [0.4, 0.5) is 5.82 Å². The van der Waals surface area contributed by atoms with Crippen LogP contribution in [0.15, 0.2) is 23.3 Å². The van der Waals surface area contributed by atoms with E-state index in [0.29, 0.717) is 11.9 Å². The summed E-state index contributed by atoms with van der Waals surface area (Å²) in [4.78, 5) is 11.2. The molecule has 0 saturated heterocycles. The minimum absolute atomic E-state index is 0.269. The molecular formula is C10H13N4+. The van der Waals surface area contributed by atoms with E-state index in [1.165, 1.54) is 0 Å². The van der Waals surface area contributed by atoms with Crippen LogP contribution in [-0.2, 0) is 0 Å². The van der Waals surface area contributed by atoms with Crippen LogP contribution in [0.3, 0.4) is 0 Å². The molecular weight excluding hydrogens is 176 g/mol. The van der Waals surface area contributed by atoms with E-state index < -0.39 is 0 Å². The first kappa shape index (κ1) is 8.87. The van der Waals surface area contributed by atoms with Crippen molar-refractivity contribution in [2.75, 3.05) is 5.73 Å². The van der Waals surface area contributed by atoms with Gasteiger partial charge in [0.05, 0.1) is 5.92 Å². The third-order valence-electron chi connectivity index (χ3n) is 2.39.